The molecule has 1 aromatic rings. The molecular weight excluding hydrogens is 281 g/mol. The van der Waals surface area contributed by atoms with Crippen molar-refractivity contribution in [2.75, 3.05) is 11.9 Å². The van der Waals surface area contributed by atoms with Crippen molar-refractivity contribution in [3.8, 4) is 0 Å². The van der Waals surface area contributed by atoms with E-state index in [2.05, 4.69) is 5.32 Å². The number of carboxylic acid groups (broad SMARTS) is 1. The van der Waals surface area contributed by atoms with E-state index >= 15 is 0 Å². The minimum absolute atomic E-state index is 0.00716. The summed E-state index contributed by atoms with van der Waals surface area (Å²) in [5.41, 5.74) is 1.43. The van der Waals surface area contributed by atoms with Crippen LogP contribution < -0.4 is 5.32 Å². The summed E-state index contributed by atoms with van der Waals surface area (Å²) in [6, 6.07) is 4.59. The van der Waals surface area contributed by atoms with Gasteiger partial charge in [0.25, 0.3) is 0 Å². The van der Waals surface area contributed by atoms with Gasteiger partial charge in [-0.2, -0.15) is 0 Å². The first kappa shape index (κ1) is 12.2. The van der Waals surface area contributed by atoms with Gasteiger partial charge in [-0.3, -0.25) is 0 Å². The molecule has 1 aliphatic rings. The molecule has 5 heteroatoms. The van der Waals surface area contributed by atoms with Crippen LogP contribution in [0.4, 0.5) is 5.69 Å². The summed E-state index contributed by atoms with van der Waals surface area (Å²) in [5.74, 6) is -0.297. The summed E-state index contributed by atoms with van der Waals surface area (Å²) in [5, 5.41) is 12.1. The molecule has 0 saturated heterocycles. The van der Waals surface area contributed by atoms with Gasteiger partial charge in [0, 0.05) is 0 Å². The molecule has 1 fully saturated rings. The van der Waals surface area contributed by atoms with Crippen LogP contribution >= 0.6 is 0 Å². The van der Waals surface area contributed by atoms with Gasteiger partial charge in [0.15, 0.2) is 0 Å². The fourth-order valence-electron chi connectivity index (χ4n) is 1.61. The number of hydrogen-bond donors (Lipinski definition) is 2. The van der Waals surface area contributed by atoms with Crippen molar-refractivity contribution in [1.82, 2.24) is 0 Å². The number of carbonyl (C=O) groups excluding carboxylic acids is 1. The van der Waals surface area contributed by atoms with E-state index in [-0.39, 0.29) is 10.1 Å². The SMILES string of the molecule is O=C(O)c1ccc(C(=O)[AsH2])c(NCC2CC2)c1. The van der Waals surface area contributed by atoms with Gasteiger partial charge in [-0.05, 0) is 0 Å². The van der Waals surface area contributed by atoms with Gasteiger partial charge in [0.1, 0.15) is 0 Å². The van der Waals surface area contributed by atoms with Crippen LogP contribution in [0.2, 0.25) is 0 Å². The molecule has 0 aromatic heterocycles. The first-order chi connectivity index (χ1) is 8.08. The Morgan fingerprint density at radius 3 is 2.65 bits per heavy atom. The zero-order chi connectivity index (χ0) is 12.4. The molecule has 0 spiro atoms. The normalized spacial score (nSPS) is 14.4. The minimum atomic E-state index is -0.972. The maximum absolute atomic E-state index is 11.4. The Labute approximate surface area is 108 Å². The zero-order valence-corrected chi connectivity index (χ0v) is 11.7. The first-order valence-electron chi connectivity index (χ1n) is 5.49. The average molecular weight is 295 g/mol. The van der Waals surface area contributed by atoms with Crippen LogP contribution in [0, 0.1) is 5.92 Å². The number of hydrogen-bond acceptors (Lipinski definition) is 3. The number of nitrogens with one attached hydrogen (secondary N) is 1. The van der Waals surface area contributed by atoms with E-state index in [1.165, 1.54) is 25.0 Å². The third-order valence-electron chi connectivity index (χ3n) is 2.81. The zero-order valence-electron chi connectivity index (χ0n) is 9.27. The van der Waals surface area contributed by atoms with Crippen molar-refractivity contribution in [2.24, 2.45) is 5.92 Å². The van der Waals surface area contributed by atoms with Crippen molar-refractivity contribution in [3.63, 3.8) is 0 Å². The molecule has 0 radical (unpaired) electrons. The summed E-state index contributed by atoms with van der Waals surface area (Å²) >= 11 is 1.02. The van der Waals surface area contributed by atoms with Gasteiger partial charge in [0.05, 0.1) is 0 Å². The Bertz CT molecular complexity index is 469. The predicted octanol–water partition coefficient (Wildman–Crippen LogP) is 0.980. The summed E-state index contributed by atoms with van der Waals surface area (Å²) in [7, 11) is 0. The van der Waals surface area contributed by atoms with Crippen LogP contribution in [0.15, 0.2) is 18.2 Å². The second kappa shape index (κ2) is 4.92. The summed E-state index contributed by atoms with van der Waals surface area (Å²) in [6.07, 6.45) is 2.43. The Morgan fingerprint density at radius 2 is 2.12 bits per heavy atom. The molecule has 0 heterocycles. The van der Waals surface area contributed by atoms with Crippen molar-refractivity contribution < 1.29 is 14.7 Å². The number of aromatic carboxylic acids is 1. The molecule has 1 aliphatic carbocycles. The molecule has 0 aliphatic heterocycles. The molecular formula is C12H14AsNO3. The molecule has 4 nitrogen and oxygen atoms in total. The molecule has 17 heavy (non-hydrogen) atoms. The molecule has 2 rings (SSSR count). The fraction of sp³-hybridized carbons (Fsp3) is 0.333. The molecule has 0 bridgehead atoms. The van der Waals surface area contributed by atoms with Gasteiger partial charge >= 0.3 is 108 Å². The van der Waals surface area contributed by atoms with E-state index in [0.29, 0.717) is 17.2 Å². The maximum atomic E-state index is 11.4. The van der Waals surface area contributed by atoms with E-state index in [1.807, 2.05) is 0 Å². The van der Waals surface area contributed by atoms with Gasteiger partial charge in [-0.25, -0.2) is 0 Å². The topological polar surface area (TPSA) is 66.4 Å². The summed E-state index contributed by atoms with van der Waals surface area (Å²) in [4.78, 5) is 22.3. The Morgan fingerprint density at radius 1 is 1.41 bits per heavy atom. The van der Waals surface area contributed by atoms with Gasteiger partial charge in [-0.1, -0.05) is 0 Å². The second-order valence-corrected chi connectivity index (χ2v) is 5.35. The van der Waals surface area contributed by atoms with Crippen LogP contribution in [0.3, 0.4) is 0 Å². The van der Waals surface area contributed by atoms with Gasteiger partial charge in [-0.15, -0.1) is 0 Å². The van der Waals surface area contributed by atoms with E-state index < -0.39 is 5.97 Å². The van der Waals surface area contributed by atoms with E-state index in [1.54, 1.807) is 6.07 Å². The van der Waals surface area contributed by atoms with Crippen LogP contribution in [0.25, 0.3) is 0 Å². The van der Waals surface area contributed by atoms with Crippen molar-refractivity contribution in [3.05, 3.63) is 29.3 Å². The van der Waals surface area contributed by atoms with E-state index in [9.17, 15) is 9.59 Å². The van der Waals surface area contributed by atoms with E-state index in [0.717, 1.165) is 23.4 Å². The number of carboxylic acids is 1. The number of anilines is 1. The molecule has 1 saturated carbocycles. The van der Waals surface area contributed by atoms with Crippen LogP contribution in [-0.4, -0.2) is 39.0 Å². The number of rotatable bonds is 5. The van der Waals surface area contributed by atoms with E-state index in [4.69, 9.17) is 5.11 Å². The standard InChI is InChI=1S/C12H14AsNO3/c13-11(15)9-4-3-8(12(16)17)5-10(9)14-6-7-1-2-7/h3-5,7,14H,1-2,6,13H2,(H,16,17). The Balaban J connectivity index is 2.24. The molecule has 1 aromatic carbocycles. The third kappa shape index (κ3) is 3.10. The monoisotopic (exact) mass is 295 g/mol. The van der Waals surface area contributed by atoms with Crippen LogP contribution in [0.5, 0.6) is 0 Å². The first-order valence-corrected chi connectivity index (χ1v) is 6.70. The number of benzene rings is 1. The molecule has 1 unspecified atom stereocenters. The molecule has 0 amide bonds. The predicted molar refractivity (Wildman–Crippen MR) is 67.5 cm³/mol. The third-order valence-corrected chi connectivity index (χ3v) is 3.46. The van der Waals surface area contributed by atoms with Crippen molar-refractivity contribution >= 4 is 33.1 Å². The summed E-state index contributed by atoms with van der Waals surface area (Å²) in [6.45, 7) is 0.816. The molecule has 2 N–H and O–H groups in total. The van der Waals surface area contributed by atoms with Crippen molar-refractivity contribution in [2.45, 2.75) is 12.8 Å². The molecule has 1 atom stereocenters. The van der Waals surface area contributed by atoms with Crippen molar-refractivity contribution in [1.29, 1.82) is 0 Å². The summed E-state index contributed by atoms with van der Waals surface area (Å²) < 4.78 is 0.00716. The van der Waals surface area contributed by atoms with Gasteiger partial charge < -0.3 is 0 Å². The average Bonchev–Trinajstić information content (AvgIpc) is 3.09. The van der Waals surface area contributed by atoms with Crippen LogP contribution in [0.1, 0.15) is 33.6 Å². The Hall–Kier alpha value is -1.28. The number of carbonyl (C=O) groups is 2. The molecule has 90 valence electrons. The second-order valence-electron chi connectivity index (χ2n) is 4.25. The Kier molecular flexibility index (Phi) is 3.53. The van der Waals surface area contributed by atoms with Crippen LogP contribution in [-0.2, 0) is 0 Å². The quantitative estimate of drug-likeness (QED) is 0.795. The fourth-order valence-corrected chi connectivity index (χ4v) is 2.14. The van der Waals surface area contributed by atoms with Gasteiger partial charge in [0.2, 0.25) is 0 Å².